The molecule has 5 heteroatoms. The molecule has 0 spiro atoms. The number of nitrogen functional groups attached to an aromatic ring is 1. The molecular formula is C21H25N3O2. The number of nitrogens with zero attached hydrogens (tertiary/aromatic N) is 1. The molecule has 1 saturated heterocycles. The fourth-order valence-electron chi connectivity index (χ4n) is 3.29. The molecule has 0 saturated carbocycles. The average molecular weight is 351 g/mol. The number of nitrogens with two attached hydrogens (primary N) is 1. The molecule has 0 bridgehead atoms. The Kier molecular flexibility index (Phi) is 5.56. The SMILES string of the molecule is CC1CCCCN1C(=O)c1ccc(NC(=O)Cc2ccc(N)cc2)cc1. The van der Waals surface area contributed by atoms with Gasteiger partial charge in [0.05, 0.1) is 6.42 Å². The van der Waals surface area contributed by atoms with Gasteiger partial charge in [0.1, 0.15) is 0 Å². The first kappa shape index (κ1) is 18.0. The van der Waals surface area contributed by atoms with E-state index in [1.807, 2.05) is 17.0 Å². The maximum absolute atomic E-state index is 12.6. The Balaban J connectivity index is 1.59. The highest BCUT2D eigenvalue weighted by molar-refractivity contribution is 5.96. The summed E-state index contributed by atoms with van der Waals surface area (Å²) >= 11 is 0. The van der Waals surface area contributed by atoms with E-state index in [0.29, 0.717) is 16.9 Å². The molecule has 0 aromatic heterocycles. The van der Waals surface area contributed by atoms with Gasteiger partial charge in [-0.3, -0.25) is 9.59 Å². The minimum atomic E-state index is -0.0986. The van der Waals surface area contributed by atoms with Gasteiger partial charge in [-0.25, -0.2) is 0 Å². The third-order valence-electron chi connectivity index (χ3n) is 4.82. The Morgan fingerprint density at radius 1 is 1.08 bits per heavy atom. The van der Waals surface area contributed by atoms with Crippen LogP contribution in [0.25, 0.3) is 0 Å². The highest BCUT2D eigenvalue weighted by Crippen LogP contribution is 2.20. The first-order chi connectivity index (χ1) is 12.5. The lowest BCUT2D eigenvalue weighted by Crippen LogP contribution is -2.42. The van der Waals surface area contributed by atoms with Gasteiger partial charge >= 0.3 is 0 Å². The van der Waals surface area contributed by atoms with E-state index in [4.69, 9.17) is 5.73 Å². The van der Waals surface area contributed by atoms with Crippen molar-refractivity contribution in [1.82, 2.24) is 4.90 Å². The van der Waals surface area contributed by atoms with Gasteiger partial charge in [-0.15, -0.1) is 0 Å². The Labute approximate surface area is 154 Å². The van der Waals surface area contributed by atoms with Crippen LogP contribution in [0.15, 0.2) is 48.5 Å². The number of rotatable bonds is 4. The van der Waals surface area contributed by atoms with Crippen molar-refractivity contribution in [2.45, 2.75) is 38.6 Å². The highest BCUT2D eigenvalue weighted by Gasteiger charge is 2.24. The maximum atomic E-state index is 12.6. The summed E-state index contributed by atoms with van der Waals surface area (Å²) in [5.74, 6) is -0.0320. The second-order valence-corrected chi connectivity index (χ2v) is 6.89. The molecule has 1 aliphatic rings. The number of nitrogens with one attached hydrogen (secondary N) is 1. The van der Waals surface area contributed by atoms with Gasteiger partial charge in [-0.2, -0.15) is 0 Å². The lowest BCUT2D eigenvalue weighted by atomic mass is 10.0. The molecule has 3 N–H and O–H groups in total. The number of piperidine rings is 1. The molecule has 1 unspecified atom stereocenters. The third-order valence-corrected chi connectivity index (χ3v) is 4.82. The van der Waals surface area contributed by atoms with Crippen molar-refractivity contribution in [3.05, 3.63) is 59.7 Å². The summed E-state index contributed by atoms with van der Waals surface area (Å²) in [6, 6.07) is 14.7. The predicted molar refractivity (Wildman–Crippen MR) is 104 cm³/mol. The molecule has 1 atom stereocenters. The largest absolute Gasteiger partial charge is 0.399 e. The first-order valence-corrected chi connectivity index (χ1v) is 9.08. The van der Waals surface area contributed by atoms with Crippen molar-refractivity contribution in [3.8, 4) is 0 Å². The van der Waals surface area contributed by atoms with Gasteiger partial charge in [0.25, 0.3) is 5.91 Å². The molecule has 0 radical (unpaired) electrons. The van der Waals surface area contributed by atoms with Crippen LogP contribution in [0.4, 0.5) is 11.4 Å². The summed E-state index contributed by atoms with van der Waals surface area (Å²) in [7, 11) is 0. The molecule has 0 aliphatic carbocycles. The first-order valence-electron chi connectivity index (χ1n) is 9.08. The summed E-state index contributed by atoms with van der Waals surface area (Å²) in [4.78, 5) is 26.7. The van der Waals surface area contributed by atoms with Crippen molar-refractivity contribution in [2.75, 3.05) is 17.6 Å². The van der Waals surface area contributed by atoms with Crippen LogP contribution in [0.1, 0.15) is 42.1 Å². The summed E-state index contributed by atoms with van der Waals surface area (Å²) in [5.41, 5.74) is 8.58. The van der Waals surface area contributed by atoms with E-state index in [1.165, 1.54) is 6.42 Å². The van der Waals surface area contributed by atoms with Crippen molar-refractivity contribution in [1.29, 1.82) is 0 Å². The predicted octanol–water partition coefficient (Wildman–Crippen LogP) is 3.46. The zero-order valence-electron chi connectivity index (χ0n) is 15.1. The molecule has 136 valence electrons. The molecule has 2 aromatic rings. The molecule has 3 rings (SSSR count). The van der Waals surface area contributed by atoms with E-state index in [1.54, 1.807) is 36.4 Å². The molecular weight excluding hydrogens is 326 g/mol. The van der Waals surface area contributed by atoms with Gasteiger partial charge in [0.15, 0.2) is 0 Å². The fourth-order valence-corrected chi connectivity index (χ4v) is 3.29. The average Bonchev–Trinajstić information content (AvgIpc) is 2.64. The molecule has 1 aliphatic heterocycles. The topological polar surface area (TPSA) is 75.4 Å². The lowest BCUT2D eigenvalue weighted by Gasteiger charge is -2.33. The number of carbonyl (C=O) groups is 2. The second kappa shape index (κ2) is 8.04. The standard InChI is InChI=1S/C21H25N3O2/c1-15-4-2-3-13-24(15)21(26)17-7-11-19(12-8-17)23-20(25)14-16-5-9-18(22)10-6-16/h5-12,15H,2-4,13-14,22H2,1H3,(H,23,25). The number of benzene rings is 2. The minimum Gasteiger partial charge on any atom is -0.399 e. The molecule has 1 heterocycles. The number of carbonyl (C=O) groups excluding carboxylic acids is 2. The van der Waals surface area contributed by atoms with Crippen LogP contribution >= 0.6 is 0 Å². The lowest BCUT2D eigenvalue weighted by molar-refractivity contribution is -0.115. The summed E-state index contributed by atoms with van der Waals surface area (Å²) in [6.07, 6.45) is 3.59. The zero-order chi connectivity index (χ0) is 18.5. The quantitative estimate of drug-likeness (QED) is 0.828. The Bertz CT molecular complexity index is 769. The number of amides is 2. The van der Waals surface area contributed by atoms with Gasteiger partial charge in [0.2, 0.25) is 5.91 Å². The van der Waals surface area contributed by atoms with Gasteiger partial charge < -0.3 is 16.0 Å². The van der Waals surface area contributed by atoms with Crippen LogP contribution < -0.4 is 11.1 Å². The van der Waals surface area contributed by atoms with Crippen LogP contribution in [0, 0.1) is 0 Å². The van der Waals surface area contributed by atoms with Crippen LogP contribution in [0.5, 0.6) is 0 Å². The van der Waals surface area contributed by atoms with Gasteiger partial charge in [-0.05, 0) is 68.1 Å². The Hall–Kier alpha value is -2.82. The highest BCUT2D eigenvalue weighted by atomic mass is 16.2. The van der Waals surface area contributed by atoms with E-state index in [9.17, 15) is 9.59 Å². The smallest absolute Gasteiger partial charge is 0.254 e. The normalized spacial score (nSPS) is 17.0. The summed E-state index contributed by atoms with van der Waals surface area (Å²) in [6.45, 7) is 2.92. The van der Waals surface area contributed by atoms with E-state index in [0.717, 1.165) is 24.9 Å². The molecule has 26 heavy (non-hydrogen) atoms. The van der Waals surface area contributed by atoms with Crippen LogP contribution in [-0.4, -0.2) is 29.3 Å². The van der Waals surface area contributed by atoms with Crippen molar-refractivity contribution in [3.63, 3.8) is 0 Å². The van der Waals surface area contributed by atoms with Crippen LogP contribution in [0.2, 0.25) is 0 Å². The van der Waals surface area contributed by atoms with E-state index in [2.05, 4.69) is 12.2 Å². The van der Waals surface area contributed by atoms with Crippen molar-refractivity contribution < 1.29 is 9.59 Å². The third kappa shape index (κ3) is 4.42. The minimum absolute atomic E-state index is 0.0666. The Morgan fingerprint density at radius 3 is 2.42 bits per heavy atom. The van der Waals surface area contributed by atoms with E-state index in [-0.39, 0.29) is 24.3 Å². The summed E-state index contributed by atoms with van der Waals surface area (Å²) < 4.78 is 0. The van der Waals surface area contributed by atoms with Crippen molar-refractivity contribution in [2.24, 2.45) is 0 Å². The van der Waals surface area contributed by atoms with Gasteiger partial charge in [-0.1, -0.05) is 12.1 Å². The van der Waals surface area contributed by atoms with Crippen molar-refractivity contribution >= 4 is 23.2 Å². The van der Waals surface area contributed by atoms with E-state index >= 15 is 0 Å². The van der Waals surface area contributed by atoms with Gasteiger partial charge in [0, 0.05) is 29.5 Å². The number of hydrogen-bond donors (Lipinski definition) is 2. The monoisotopic (exact) mass is 351 g/mol. The number of likely N-dealkylation sites (tertiary alicyclic amines) is 1. The number of hydrogen-bond acceptors (Lipinski definition) is 3. The van der Waals surface area contributed by atoms with E-state index < -0.39 is 0 Å². The number of anilines is 2. The zero-order valence-corrected chi connectivity index (χ0v) is 15.1. The second-order valence-electron chi connectivity index (χ2n) is 6.89. The fraction of sp³-hybridized carbons (Fsp3) is 0.333. The Morgan fingerprint density at radius 2 is 1.77 bits per heavy atom. The molecule has 2 amide bonds. The molecule has 2 aromatic carbocycles. The molecule has 1 fully saturated rings. The maximum Gasteiger partial charge on any atom is 0.254 e. The van der Waals surface area contributed by atoms with Crippen LogP contribution in [-0.2, 0) is 11.2 Å². The van der Waals surface area contributed by atoms with Crippen LogP contribution in [0.3, 0.4) is 0 Å². The molecule has 5 nitrogen and oxygen atoms in total. The summed E-state index contributed by atoms with van der Waals surface area (Å²) in [5, 5.41) is 2.86.